The molecule has 2 aliphatic rings. The highest BCUT2D eigenvalue weighted by atomic mass is 16.6. The van der Waals surface area contributed by atoms with Crippen molar-refractivity contribution in [1.29, 1.82) is 0 Å². The largest absolute Gasteiger partial charge is 0.378 e. The number of nitrogens with zero attached hydrogens (tertiary/aromatic N) is 5. The van der Waals surface area contributed by atoms with E-state index in [0.29, 0.717) is 32.2 Å². The van der Waals surface area contributed by atoms with E-state index in [1.807, 2.05) is 24.3 Å². The van der Waals surface area contributed by atoms with Gasteiger partial charge in [0.15, 0.2) is 0 Å². The van der Waals surface area contributed by atoms with Crippen LogP contribution in [0.3, 0.4) is 0 Å². The number of benzene rings is 1. The van der Waals surface area contributed by atoms with Gasteiger partial charge in [0.05, 0.1) is 39.1 Å². The summed E-state index contributed by atoms with van der Waals surface area (Å²) in [5, 5.41) is 15.1. The molecule has 0 aliphatic carbocycles. The van der Waals surface area contributed by atoms with Crippen molar-refractivity contribution in [3.05, 3.63) is 24.3 Å². The predicted octanol–water partition coefficient (Wildman–Crippen LogP) is -0.292. The summed E-state index contributed by atoms with van der Waals surface area (Å²) in [5.41, 5.74) is 2.00. The van der Waals surface area contributed by atoms with E-state index in [0.717, 1.165) is 37.6 Å². The molecule has 1 N–H and O–H groups in total. The van der Waals surface area contributed by atoms with Crippen LogP contribution in [0.5, 0.6) is 0 Å². The average molecular weight is 388 g/mol. The maximum atomic E-state index is 12.1. The summed E-state index contributed by atoms with van der Waals surface area (Å²) in [6.07, 6.45) is -0.109. The highest BCUT2D eigenvalue weighted by Gasteiger charge is 2.16. The Balaban J connectivity index is 1.30. The number of ether oxygens (including phenoxy) is 3. The lowest BCUT2D eigenvalue weighted by molar-refractivity contribution is -0.124. The molecule has 28 heavy (non-hydrogen) atoms. The molecule has 0 bridgehead atoms. The van der Waals surface area contributed by atoms with Gasteiger partial charge in [-0.1, -0.05) is 0 Å². The number of tetrazole rings is 1. The molecule has 10 nitrogen and oxygen atoms in total. The van der Waals surface area contributed by atoms with Crippen molar-refractivity contribution in [2.45, 2.75) is 12.6 Å². The van der Waals surface area contributed by atoms with Crippen LogP contribution < -0.4 is 10.2 Å². The van der Waals surface area contributed by atoms with Gasteiger partial charge in [0.25, 0.3) is 0 Å². The van der Waals surface area contributed by atoms with E-state index < -0.39 is 0 Å². The molecule has 0 spiro atoms. The molecule has 150 valence electrons. The predicted molar refractivity (Wildman–Crippen MR) is 99.9 cm³/mol. The minimum Gasteiger partial charge on any atom is -0.378 e. The Bertz CT molecular complexity index is 769. The zero-order chi connectivity index (χ0) is 19.2. The molecule has 2 saturated heterocycles. The van der Waals surface area contributed by atoms with E-state index in [-0.39, 0.29) is 18.6 Å². The van der Waals surface area contributed by atoms with Crippen LogP contribution in [0.2, 0.25) is 0 Å². The van der Waals surface area contributed by atoms with Gasteiger partial charge in [-0.25, -0.2) is 0 Å². The lowest BCUT2D eigenvalue weighted by Gasteiger charge is -2.28. The molecule has 4 rings (SSSR count). The molecule has 1 amide bonds. The molecule has 0 radical (unpaired) electrons. The van der Waals surface area contributed by atoms with Crippen molar-refractivity contribution < 1.29 is 19.0 Å². The Labute approximate surface area is 162 Å². The quantitative estimate of drug-likeness (QED) is 0.720. The Morgan fingerprint density at radius 3 is 2.68 bits per heavy atom. The van der Waals surface area contributed by atoms with Crippen molar-refractivity contribution in [2.75, 3.05) is 57.6 Å². The minimum atomic E-state index is -0.194. The van der Waals surface area contributed by atoms with Gasteiger partial charge in [0.1, 0.15) is 6.54 Å². The molecule has 1 aromatic carbocycles. The number of carbonyl (C=O) groups is 1. The topological polar surface area (TPSA) is 104 Å². The summed E-state index contributed by atoms with van der Waals surface area (Å²) in [5.74, 6) is 0.297. The fraction of sp³-hybridized carbons (Fsp3) is 0.556. The van der Waals surface area contributed by atoms with Crippen LogP contribution in [-0.4, -0.2) is 84.9 Å². The van der Waals surface area contributed by atoms with Crippen LogP contribution in [-0.2, 0) is 25.5 Å². The van der Waals surface area contributed by atoms with Gasteiger partial charge in [-0.05, 0) is 29.5 Å². The standard InChI is InChI=1S/C18H24N6O4/c25-17(19-11-16-13-27-9-10-28-16)12-24-21-18(20-22-24)14-1-3-15(4-2-14)23-5-7-26-8-6-23/h1-4,16H,5-13H2,(H,19,25)/t16-/m1/s1. The summed E-state index contributed by atoms with van der Waals surface area (Å²) in [6.45, 7) is 5.34. The van der Waals surface area contributed by atoms with E-state index in [4.69, 9.17) is 14.2 Å². The Morgan fingerprint density at radius 1 is 1.11 bits per heavy atom. The molecule has 2 aliphatic heterocycles. The van der Waals surface area contributed by atoms with Crippen molar-refractivity contribution in [3.8, 4) is 11.4 Å². The first-order valence-electron chi connectivity index (χ1n) is 9.45. The lowest BCUT2D eigenvalue weighted by atomic mass is 10.2. The third-order valence-corrected chi connectivity index (χ3v) is 4.65. The van der Waals surface area contributed by atoms with Crippen LogP contribution >= 0.6 is 0 Å². The average Bonchev–Trinajstić information content (AvgIpc) is 3.22. The zero-order valence-electron chi connectivity index (χ0n) is 15.6. The summed E-state index contributed by atoms with van der Waals surface area (Å²) in [4.78, 5) is 15.6. The number of rotatable bonds is 6. The van der Waals surface area contributed by atoms with Crippen LogP contribution in [0.15, 0.2) is 24.3 Å². The normalized spacial score (nSPS) is 20.1. The van der Waals surface area contributed by atoms with E-state index in [2.05, 4.69) is 25.6 Å². The summed E-state index contributed by atoms with van der Waals surface area (Å²) in [7, 11) is 0. The van der Waals surface area contributed by atoms with Gasteiger partial charge < -0.3 is 24.4 Å². The van der Waals surface area contributed by atoms with Crippen molar-refractivity contribution in [2.24, 2.45) is 0 Å². The number of aromatic nitrogens is 4. The smallest absolute Gasteiger partial charge is 0.243 e. The molecule has 1 aromatic heterocycles. The maximum Gasteiger partial charge on any atom is 0.243 e. The van der Waals surface area contributed by atoms with E-state index in [9.17, 15) is 4.79 Å². The van der Waals surface area contributed by atoms with Gasteiger partial charge in [-0.15, -0.1) is 10.2 Å². The molecular formula is C18H24N6O4. The Hall–Kier alpha value is -2.56. The van der Waals surface area contributed by atoms with Crippen LogP contribution in [0, 0.1) is 0 Å². The number of morpholine rings is 1. The Morgan fingerprint density at radius 2 is 1.93 bits per heavy atom. The fourth-order valence-corrected chi connectivity index (χ4v) is 3.14. The van der Waals surface area contributed by atoms with Gasteiger partial charge >= 0.3 is 0 Å². The van der Waals surface area contributed by atoms with Crippen LogP contribution in [0.1, 0.15) is 0 Å². The third kappa shape index (κ3) is 4.83. The third-order valence-electron chi connectivity index (χ3n) is 4.65. The van der Waals surface area contributed by atoms with Crippen molar-refractivity contribution in [3.63, 3.8) is 0 Å². The SMILES string of the molecule is O=C(Cn1nnc(-c2ccc(N3CCOCC3)cc2)n1)NC[C@@H]1COCCO1. The van der Waals surface area contributed by atoms with Gasteiger partial charge in [-0.3, -0.25) is 4.79 Å². The second kappa shape index (κ2) is 9.09. The molecule has 2 aromatic rings. The molecule has 2 fully saturated rings. The minimum absolute atomic E-state index is 0.00639. The van der Waals surface area contributed by atoms with Gasteiger partial charge in [0.2, 0.25) is 11.7 Å². The number of hydrogen-bond donors (Lipinski definition) is 1. The number of amides is 1. The first-order valence-corrected chi connectivity index (χ1v) is 9.45. The van der Waals surface area contributed by atoms with E-state index in [1.54, 1.807) is 0 Å². The molecular weight excluding hydrogens is 364 g/mol. The Kier molecular flexibility index (Phi) is 6.10. The maximum absolute atomic E-state index is 12.1. The van der Waals surface area contributed by atoms with E-state index in [1.165, 1.54) is 4.80 Å². The zero-order valence-corrected chi connectivity index (χ0v) is 15.6. The van der Waals surface area contributed by atoms with Crippen molar-refractivity contribution >= 4 is 11.6 Å². The monoisotopic (exact) mass is 388 g/mol. The molecule has 1 atom stereocenters. The number of nitrogens with one attached hydrogen (secondary N) is 1. The highest BCUT2D eigenvalue weighted by molar-refractivity contribution is 5.75. The van der Waals surface area contributed by atoms with E-state index >= 15 is 0 Å². The van der Waals surface area contributed by atoms with Crippen LogP contribution in [0.25, 0.3) is 11.4 Å². The van der Waals surface area contributed by atoms with Gasteiger partial charge in [0, 0.05) is 30.9 Å². The number of hydrogen-bond acceptors (Lipinski definition) is 8. The molecule has 0 saturated carbocycles. The lowest BCUT2D eigenvalue weighted by Crippen LogP contribution is -2.40. The fourth-order valence-electron chi connectivity index (χ4n) is 3.14. The summed E-state index contributed by atoms with van der Waals surface area (Å²) >= 11 is 0. The first kappa shape index (κ1) is 18.8. The first-order chi connectivity index (χ1) is 13.8. The van der Waals surface area contributed by atoms with Crippen LogP contribution in [0.4, 0.5) is 5.69 Å². The van der Waals surface area contributed by atoms with Crippen molar-refractivity contribution in [1.82, 2.24) is 25.5 Å². The second-order valence-electron chi connectivity index (χ2n) is 6.66. The molecule has 10 heteroatoms. The molecule has 3 heterocycles. The molecule has 0 unspecified atom stereocenters. The summed E-state index contributed by atoms with van der Waals surface area (Å²) < 4.78 is 16.2. The number of carbonyl (C=O) groups excluding carboxylic acids is 1. The van der Waals surface area contributed by atoms with Gasteiger partial charge in [-0.2, -0.15) is 4.80 Å². The summed E-state index contributed by atoms with van der Waals surface area (Å²) in [6, 6.07) is 8.01. The second-order valence-corrected chi connectivity index (χ2v) is 6.66. The number of anilines is 1. The highest BCUT2D eigenvalue weighted by Crippen LogP contribution is 2.21.